The van der Waals surface area contributed by atoms with Crippen molar-refractivity contribution in [2.45, 2.75) is 20.3 Å². The second-order valence-corrected chi connectivity index (χ2v) is 4.64. The lowest BCUT2D eigenvalue weighted by Crippen LogP contribution is -2.40. The Morgan fingerprint density at radius 2 is 2.11 bits per heavy atom. The Balaban J connectivity index is 2.78. The van der Waals surface area contributed by atoms with Crippen molar-refractivity contribution in [1.82, 2.24) is 5.32 Å². The van der Waals surface area contributed by atoms with Crippen molar-refractivity contribution in [2.75, 3.05) is 12.3 Å². The number of carboxylic acid groups (broad SMARTS) is 1. The second-order valence-electron chi connectivity index (χ2n) is 4.64. The van der Waals surface area contributed by atoms with E-state index in [1.54, 1.807) is 6.92 Å². The number of hydrogen-bond donors (Lipinski definition) is 3. The molecule has 104 valence electrons. The largest absolute Gasteiger partial charge is 0.481 e. The van der Waals surface area contributed by atoms with Gasteiger partial charge < -0.3 is 16.2 Å². The quantitative estimate of drug-likeness (QED) is 0.708. The number of nitrogens with one attached hydrogen (secondary N) is 1. The fraction of sp³-hybridized carbons (Fsp3) is 0.385. The molecule has 4 N–H and O–H groups in total. The average Bonchev–Trinajstić information content (AvgIpc) is 2.35. The number of carbonyl (C=O) groups excluding carboxylic acids is 1. The molecule has 19 heavy (non-hydrogen) atoms. The van der Waals surface area contributed by atoms with Crippen LogP contribution in [0.25, 0.3) is 0 Å². The Morgan fingerprint density at radius 1 is 1.47 bits per heavy atom. The summed E-state index contributed by atoms with van der Waals surface area (Å²) in [6.45, 7) is 3.17. The molecule has 0 aliphatic heterocycles. The van der Waals surface area contributed by atoms with E-state index in [-0.39, 0.29) is 17.8 Å². The van der Waals surface area contributed by atoms with Crippen LogP contribution in [0.4, 0.5) is 10.1 Å². The maximum absolute atomic E-state index is 13.5. The first-order valence-corrected chi connectivity index (χ1v) is 5.87. The number of benzene rings is 1. The molecule has 1 aromatic rings. The highest BCUT2D eigenvalue weighted by molar-refractivity contribution is 5.95. The summed E-state index contributed by atoms with van der Waals surface area (Å²) in [5.41, 5.74) is 4.38. The summed E-state index contributed by atoms with van der Waals surface area (Å²) in [5, 5.41) is 11.5. The van der Waals surface area contributed by atoms with Gasteiger partial charge in [0, 0.05) is 12.2 Å². The van der Waals surface area contributed by atoms with E-state index in [0.717, 1.165) is 6.07 Å². The summed E-state index contributed by atoms with van der Waals surface area (Å²) in [7, 11) is 0. The molecule has 0 bridgehead atoms. The van der Waals surface area contributed by atoms with E-state index in [4.69, 9.17) is 10.8 Å². The molecule has 1 amide bonds. The van der Waals surface area contributed by atoms with Crippen molar-refractivity contribution in [3.63, 3.8) is 0 Å². The van der Waals surface area contributed by atoms with Crippen molar-refractivity contribution in [2.24, 2.45) is 5.41 Å². The van der Waals surface area contributed by atoms with Crippen LogP contribution in [0.1, 0.15) is 30.6 Å². The maximum atomic E-state index is 13.5. The van der Waals surface area contributed by atoms with Crippen LogP contribution in [0, 0.1) is 11.2 Å². The van der Waals surface area contributed by atoms with Crippen LogP contribution in [0.2, 0.25) is 0 Å². The third-order valence-electron chi connectivity index (χ3n) is 3.17. The highest BCUT2D eigenvalue weighted by atomic mass is 19.1. The molecule has 0 aliphatic rings. The Labute approximate surface area is 110 Å². The van der Waals surface area contributed by atoms with Crippen LogP contribution in [-0.4, -0.2) is 23.5 Å². The Kier molecular flexibility index (Phi) is 4.47. The van der Waals surface area contributed by atoms with E-state index in [0.29, 0.717) is 6.42 Å². The van der Waals surface area contributed by atoms with Gasteiger partial charge in [-0.25, -0.2) is 4.39 Å². The zero-order valence-corrected chi connectivity index (χ0v) is 10.9. The van der Waals surface area contributed by atoms with Gasteiger partial charge in [0.25, 0.3) is 5.91 Å². The number of nitrogen functional groups attached to an aromatic ring is 1. The Morgan fingerprint density at radius 3 is 2.58 bits per heavy atom. The van der Waals surface area contributed by atoms with Gasteiger partial charge in [-0.1, -0.05) is 6.92 Å². The van der Waals surface area contributed by atoms with E-state index in [9.17, 15) is 14.0 Å². The average molecular weight is 268 g/mol. The van der Waals surface area contributed by atoms with E-state index < -0.39 is 23.1 Å². The number of anilines is 1. The van der Waals surface area contributed by atoms with Gasteiger partial charge in [0.15, 0.2) is 0 Å². The highest BCUT2D eigenvalue weighted by Crippen LogP contribution is 2.20. The Bertz CT molecular complexity index is 505. The molecule has 0 aromatic heterocycles. The number of hydrogen-bond acceptors (Lipinski definition) is 3. The number of amides is 1. The summed E-state index contributed by atoms with van der Waals surface area (Å²) >= 11 is 0. The molecular weight excluding hydrogens is 251 g/mol. The topological polar surface area (TPSA) is 92.4 Å². The molecule has 0 radical (unpaired) electrons. The predicted octanol–water partition coefficient (Wildman–Crippen LogP) is 1.64. The fourth-order valence-electron chi connectivity index (χ4n) is 1.44. The van der Waals surface area contributed by atoms with Gasteiger partial charge in [0.05, 0.1) is 11.0 Å². The number of aliphatic carboxylic acids is 1. The zero-order chi connectivity index (χ0) is 14.6. The molecule has 6 heteroatoms. The third kappa shape index (κ3) is 3.43. The first-order chi connectivity index (χ1) is 8.80. The molecule has 0 aliphatic carbocycles. The van der Waals surface area contributed by atoms with E-state index in [1.165, 1.54) is 19.1 Å². The number of halogens is 1. The second kappa shape index (κ2) is 5.69. The summed E-state index contributed by atoms with van der Waals surface area (Å²) in [4.78, 5) is 22.8. The summed E-state index contributed by atoms with van der Waals surface area (Å²) in [6.07, 6.45) is 0.354. The van der Waals surface area contributed by atoms with E-state index >= 15 is 0 Å². The maximum Gasteiger partial charge on any atom is 0.311 e. The normalized spacial score (nSPS) is 13.6. The molecule has 0 spiro atoms. The van der Waals surface area contributed by atoms with Gasteiger partial charge in [-0.15, -0.1) is 0 Å². The number of carbonyl (C=O) groups is 2. The molecule has 0 fully saturated rings. The van der Waals surface area contributed by atoms with Gasteiger partial charge in [0.2, 0.25) is 0 Å². The fourth-order valence-corrected chi connectivity index (χ4v) is 1.44. The molecule has 1 rings (SSSR count). The van der Waals surface area contributed by atoms with Crippen molar-refractivity contribution >= 4 is 17.6 Å². The van der Waals surface area contributed by atoms with Crippen molar-refractivity contribution in [3.8, 4) is 0 Å². The van der Waals surface area contributed by atoms with Crippen molar-refractivity contribution in [1.29, 1.82) is 0 Å². The molecule has 0 saturated carbocycles. The van der Waals surface area contributed by atoms with Crippen LogP contribution in [0.15, 0.2) is 18.2 Å². The SMILES string of the molecule is CCC(C)(CNC(=O)c1ccc(N)cc1F)C(=O)O. The molecular formula is C13H17FN2O3. The van der Waals surface area contributed by atoms with E-state index in [1.807, 2.05) is 0 Å². The predicted molar refractivity (Wildman–Crippen MR) is 69.2 cm³/mol. The van der Waals surface area contributed by atoms with Crippen LogP contribution in [0.3, 0.4) is 0 Å². The monoisotopic (exact) mass is 268 g/mol. The zero-order valence-electron chi connectivity index (χ0n) is 10.9. The molecule has 1 aromatic carbocycles. The number of nitrogens with two attached hydrogens (primary N) is 1. The van der Waals surface area contributed by atoms with Gasteiger partial charge in [0.1, 0.15) is 5.82 Å². The first-order valence-electron chi connectivity index (χ1n) is 5.87. The molecule has 5 nitrogen and oxygen atoms in total. The summed E-state index contributed by atoms with van der Waals surface area (Å²) in [6, 6.07) is 3.73. The summed E-state index contributed by atoms with van der Waals surface area (Å²) < 4.78 is 13.5. The molecule has 0 heterocycles. The van der Waals surface area contributed by atoms with Crippen LogP contribution >= 0.6 is 0 Å². The minimum atomic E-state index is -1.07. The van der Waals surface area contributed by atoms with Crippen molar-refractivity contribution < 1.29 is 19.1 Å². The molecule has 0 saturated heterocycles. The lowest BCUT2D eigenvalue weighted by Gasteiger charge is -2.23. The van der Waals surface area contributed by atoms with E-state index in [2.05, 4.69) is 5.32 Å². The summed E-state index contributed by atoms with van der Waals surface area (Å²) in [5.74, 6) is -2.39. The minimum absolute atomic E-state index is 0.0680. The number of carboxylic acids is 1. The number of rotatable bonds is 5. The van der Waals surface area contributed by atoms with Crippen LogP contribution in [0.5, 0.6) is 0 Å². The lowest BCUT2D eigenvalue weighted by molar-refractivity contribution is -0.147. The molecule has 1 unspecified atom stereocenters. The standard InChI is InChI=1S/C13H17FN2O3/c1-3-13(2,12(18)19)7-16-11(17)9-5-4-8(15)6-10(9)14/h4-6H,3,7,15H2,1-2H3,(H,16,17)(H,18,19). The van der Waals surface area contributed by atoms with Crippen LogP contribution < -0.4 is 11.1 Å². The van der Waals surface area contributed by atoms with Gasteiger partial charge in [-0.2, -0.15) is 0 Å². The lowest BCUT2D eigenvalue weighted by atomic mass is 9.87. The van der Waals surface area contributed by atoms with Gasteiger partial charge in [-0.05, 0) is 31.5 Å². The Hall–Kier alpha value is -2.11. The third-order valence-corrected chi connectivity index (χ3v) is 3.17. The smallest absolute Gasteiger partial charge is 0.311 e. The highest BCUT2D eigenvalue weighted by Gasteiger charge is 2.31. The molecule has 1 atom stereocenters. The van der Waals surface area contributed by atoms with Gasteiger partial charge in [-0.3, -0.25) is 9.59 Å². The van der Waals surface area contributed by atoms with Crippen LogP contribution in [-0.2, 0) is 4.79 Å². The minimum Gasteiger partial charge on any atom is -0.481 e. The first kappa shape index (κ1) is 14.9. The van der Waals surface area contributed by atoms with Gasteiger partial charge >= 0.3 is 5.97 Å². The van der Waals surface area contributed by atoms with Crippen molar-refractivity contribution in [3.05, 3.63) is 29.6 Å².